The first-order chi connectivity index (χ1) is 7.92. The van der Waals surface area contributed by atoms with Gasteiger partial charge < -0.3 is 15.7 Å². The second kappa shape index (κ2) is 4.52. The van der Waals surface area contributed by atoms with E-state index in [0.717, 1.165) is 38.1 Å². The topological polar surface area (TPSA) is 49.5 Å². The normalized spacial score (nSPS) is 48.5. The number of nitrogens with two attached hydrogens (primary N) is 1. The fourth-order valence-corrected chi connectivity index (χ4v) is 4.00. The van der Waals surface area contributed by atoms with Crippen molar-refractivity contribution >= 4 is 0 Å². The molecule has 0 aromatic heterocycles. The minimum Gasteiger partial charge on any atom is -0.389 e. The molecule has 100 valence electrons. The molecule has 3 nitrogen and oxygen atoms in total. The minimum atomic E-state index is -0.529. The highest BCUT2D eigenvalue weighted by Crippen LogP contribution is 2.52. The summed E-state index contributed by atoms with van der Waals surface area (Å²) in [6.45, 7) is 6.14. The van der Waals surface area contributed by atoms with Gasteiger partial charge in [-0.1, -0.05) is 13.3 Å². The van der Waals surface area contributed by atoms with Crippen LogP contribution in [0.2, 0.25) is 0 Å². The van der Waals surface area contributed by atoms with Crippen molar-refractivity contribution in [2.24, 2.45) is 17.1 Å². The Morgan fingerprint density at radius 1 is 1.29 bits per heavy atom. The molecule has 3 N–H and O–H groups in total. The van der Waals surface area contributed by atoms with E-state index in [1.807, 2.05) is 0 Å². The number of rotatable bonds is 2. The fourth-order valence-electron chi connectivity index (χ4n) is 4.00. The Kier molecular flexibility index (Phi) is 3.54. The lowest BCUT2D eigenvalue weighted by molar-refractivity contribution is -0.126. The van der Waals surface area contributed by atoms with Crippen LogP contribution in [0.25, 0.3) is 0 Å². The summed E-state index contributed by atoms with van der Waals surface area (Å²) in [5.41, 5.74) is 5.51. The molecule has 0 bridgehead atoms. The highest BCUT2D eigenvalue weighted by Gasteiger charge is 2.54. The molecule has 4 atom stereocenters. The molecule has 0 spiro atoms. The molecule has 1 aliphatic carbocycles. The summed E-state index contributed by atoms with van der Waals surface area (Å²) >= 11 is 0. The molecule has 0 aromatic carbocycles. The zero-order valence-corrected chi connectivity index (χ0v) is 11.6. The van der Waals surface area contributed by atoms with Crippen LogP contribution in [0.3, 0.4) is 0 Å². The summed E-state index contributed by atoms with van der Waals surface area (Å²) in [7, 11) is 2.15. The van der Waals surface area contributed by atoms with Gasteiger partial charge >= 0.3 is 0 Å². The van der Waals surface area contributed by atoms with Crippen molar-refractivity contribution in [3.63, 3.8) is 0 Å². The van der Waals surface area contributed by atoms with Gasteiger partial charge in [0.2, 0.25) is 0 Å². The van der Waals surface area contributed by atoms with Crippen LogP contribution in [0.1, 0.15) is 46.0 Å². The van der Waals surface area contributed by atoms with E-state index in [1.165, 1.54) is 6.42 Å². The maximum Gasteiger partial charge on any atom is 0.0742 e. The van der Waals surface area contributed by atoms with Crippen LogP contribution in [0.15, 0.2) is 0 Å². The average molecular weight is 240 g/mol. The number of nitrogens with zero attached hydrogens (tertiary/aromatic N) is 1. The van der Waals surface area contributed by atoms with Crippen LogP contribution in [0.5, 0.6) is 0 Å². The van der Waals surface area contributed by atoms with E-state index in [4.69, 9.17) is 5.73 Å². The lowest BCUT2D eigenvalue weighted by Crippen LogP contribution is -2.58. The molecule has 0 aromatic rings. The van der Waals surface area contributed by atoms with Crippen LogP contribution in [-0.4, -0.2) is 41.8 Å². The Balaban J connectivity index is 2.19. The Bertz CT molecular complexity index is 283. The van der Waals surface area contributed by atoms with E-state index < -0.39 is 5.60 Å². The molecule has 1 saturated heterocycles. The highest BCUT2D eigenvalue weighted by atomic mass is 16.3. The highest BCUT2D eigenvalue weighted by molar-refractivity contribution is 5.06. The van der Waals surface area contributed by atoms with E-state index in [0.29, 0.717) is 12.6 Å². The third-order valence-corrected chi connectivity index (χ3v) is 5.50. The zero-order chi connectivity index (χ0) is 12.7. The van der Waals surface area contributed by atoms with Crippen molar-refractivity contribution in [3.8, 4) is 0 Å². The summed E-state index contributed by atoms with van der Waals surface area (Å²) in [6, 6.07) is 0.466. The maximum atomic E-state index is 11.1. The molecule has 4 unspecified atom stereocenters. The number of hydrogen-bond acceptors (Lipinski definition) is 3. The van der Waals surface area contributed by atoms with Gasteiger partial charge in [0.15, 0.2) is 0 Å². The molecule has 0 radical (unpaired) electrons. The van der Waals surface area contributed by atoms with E-state index in [1.54, 1.807) is 0 Å². The van der Waals surface area contributed by atoms with Gasteiger partial charge in [0.05, 0.1) is 5.60 Å². The van der Waals surface area contributed by atoms with Crippen molar-refractivity contribution in [2.45, 2.75) is 57.6 Å². The van der Waals surface area contributed by atoms with Gasteiger partial charge in [-0.15, -0.1) is 0 Å². The summed E-state index contributed by atoms with van der Waals surface area (Å²) in [5.74, 6) is 0.720. The monoisotopic (exact) mass is 240 g/mol. The second-order valence-electron chi connectivity index (χ2n) is 6.65. The largest absolute Gasteiger partial charge is 0.389 e. The lowest BCUT2D eigenvalue weighted by Gasteiger charge is -2.51. The second-order valence-corrected chi connectivity index (χ2v) is 6.65. The van der Waals surface area contributed by atoms with E-state index in [-0.39, 0.29) is 5.41 Å². The standard InChI is InChI=1S/C14H28N2O/c1-11-4-5-13(8-11,10-15)14(17)6-7-16(3)12(2)9-14/h11-12,17H,4-10,15H2,1-3H3. The van der Waals surface area contributed by atoms with Gasteiger partial charge in [-0.25, -0.2) is 0 Å². The van der Waals surface area contributed by atoms with Gasteiger partial charge in [-0.2, -0.15) is 0 Å². The van der Waals surface area contributed by atoms with Crippen LogP contribution in [0, 0.1) is 11.3 Å². The van der Waals surface area contributed by atoms with Crippen LogP contribution in [-0.2, 0) is 0 Å². The summed E-state index contributed by atoms with van der Waals surface area (Å²) in [5, 5.41) is 11.1. The van der Waals surface area contributed by atoms with E-state index >= 15 is 0 Å². The van der Waals surface area contributed by atoms with Gasteiger partial charge in [-0.3, -0.25) is 0 Å². The predicted octanol–water partition coefficient (Wildman–Crippen LogP) is 1.60. The van der Waals surface area contributed by atoms with E-state index in [2.05, 4.69) is 25.8 Å². The molecule has 2 aliphatic rings. The number of likely N-dealkylation sites (tertiary alicyclic amines) is 1. The van der Waals surface area contributed by atoms with Crippen molar-refractivity contribution in [3.05, 3.63) is 0 Å². The van der Waals surface area contributed by atoms with E-state index in [9.17, 15) is 5.11 Å². The first-order valence-electron chi connectivity index (χ1n) is 7.05. The Labute approximate surface area is 105 Å². The van der Waals surface area contributed by atoms with Crippen molar-refractivity contribution in [1.82, 2.24) is 4.90 Å². The molecule has 0 amide bonds. The zero-order valence-electron chi connectivity index (χ0n) is 11.6. The van der Waals surface area contributed by atoms with Crippen molar-refractivity contribution < 1.29 is 5.11 Å². The Hall–Kier alpha value is -0.120. The third-order valence-electron chi connectivity index (χ3n) is 5.50. The Morgan fingerprint density at radius 2 is 2.00 bits per heavy atom. The first-order valence-corrected chi connectivity index (χ1v) is 7.05. The van der Waals surface area contributed by atoms with Crippen molar-refractivity contribution in [1.29, 1.82) is 0 Å². The number of aliphatic hydroxyl groups is 1. The predicted molar refractivity (Wildman–Crippen MR) is 70.8 cm³/mol. The lowest BCUT2D eigenvalue weighted by atomic mass is 9.64. The SMILES string of the molecule is CC1CCC(CN)(C2(O)CCN(C)C(C)C2)C1. The van der Waals surface area contributed by atoms with Gasteiger partial charge in [-0.05, 0) is 45.6 Å². The van der Waals surface area contributed by atoms with Crippen molar-refractivity contribution in [2.75, 3.05) is 20.1 Å². The molecule has 1 saturated carbocycles. The molecule has 2 fully saturated rings. The average Bonchev–Trinajstić information content (AvgIpc) is 2.68. The number of piperidine rings is 1. The molecule has 1 aliphatic heterocycles. The third kappa shape index (κ3) is 2.13. The summed E-state index contributed by atoms with van der Waals surface area (Å²) in [6.07, 6.45) is 5.21. The van der Waals surface area contributed by atoms with Gasteiger partial charge in [0.25, 0.3) is 0 Å². The first kappa shape index (κ1) is 13.3. The molecule has 3 heteroatoms. The molecular formula is C14H28N2O. The maximum absolute atomic E-state index is 11.1. The molecule has 2 rings (SSSR count). The minimum absolute atomic E-state index is 0.0120. The quantitative estimate of drug-likeness (QED) is 0.771. The summed E-state index contributed by atoms with van der Waals surface area (Å²) in [4.78, 5) is 2.34. The van der Waals surface area contributed by atoms with Crippen LogP contribution in [0.4, 0.5) is 0 Å². The summed E-state index contributed by atoms with van der Waals surface area (Å²) < 4.78 is 0. The van der Waals surface area contributed by atoms with Crippen LogP contribution < -0.4 is 5.73 Å². The smallest absolute Gasteiger partial charge is 0.0742 e. The Morgan fingerprint density at radius 3 is 2.47 bits per heavy atom. The molecule has 17 heavy (non-hydrogen) atoms. The fraction of sp³-hybridized carbons (Fsp3) is 1.00. The molecule has 1 heterocycles. The van der Waals surface area contributed by atoms with Crippen LogP contribution >= 0.6 is 0 Å². The molecular weight excluding hydrogens is 212 g/mol. The van der Waals surface area contributed by atoms with Gasteiger partial charge in [0.1, 0.15) is 0 Å². The number of hydrogen-bond donors (Lipinski definition) is 2. The van der Waals surface area contributed by atoms with Gasteiger partial charge in [0, 0.05) is 24.5 Å².